The lowest BCUT2D eigenvalue weighted by Crippen LogP contribution is -2.37. The molecule has 3 atom stereocenters. The summed E-state index contributed by atoms with van der Waals surface area (Å²) in [6.07, 6.45) is 0.202. The van der Waals surface area contributed by atoms with Crippen molar-refractivity contribution < 1.29 is 23.7 Å². The van der Waals surface area contributed by atoms with Crippen LogP contribution in [-0.4, -0.2) is 30.9 Å². The normalized spacial score (nSPS) is 23.9. The molecule has 26 heavy (non-hydrogen) atoms. The van der Waals surface area contributed by atoms with Crippen molar-refractivity contribution >= 4 is 5.97 Å². The van der Waals surface area contributed by atoms with Crippen molar-refractivity contribution in [1.29, 1.82) is 0 Å². The monoisotopic (exact) mass is 352 g/mol. The first-order chi connectivity index (χ1) is 12.8. The highest BCUT2D eigenvalue weighted by Gasteiger charge is 2.48. The molecule has 4 rings (SSSR count). The Morgan fingerprint density at radius 1 is 0.846 bits per heavy atom. The molecule has 2 aromatic rings. The van der Waals surface area contributed by atoms with Crippen LogP contribution in [0.15, 0.2) is 72.5 Å². The lowest BCUT2D eigenvalue weighted by atomic mass is 10.1. The van der Waals surface area contributed by atoms with E-state index >= 15 is 0 Å². The number of carbonyl (C=O) groups is 1. The maximum atomic E-state index is 11.5. The number of hydrogen-bond acceptors (Lipinski definition) is 5. The van der Waals surface area contributed by atoms with E-state index in [1.165, 1.54) is 6.08 Å². The maximum absolute atomic E-state index is 11.5. The van der Waals surface area contributed by atoms with Gasteiger partial charge in [0.1, 0.15) is 11.9 Å². The third kappa shape index (κ3) is 3.79. The molecule has 0 aliphatic carbocycles. The van der Waals surface area contributed by atoms with Gasteiger partial charge in [-0.2, -0.15) is 0 Å². The molecule has 2 heterocycles. The molecular weight excluding hydrogens is 332 g/mol. The summed E-state index contributed by atoms with van der Waals surface area (Å²) < 4.78 is 23.1. The Kier molecular flexibility index (Phi) is 5.00. The predicted octanol–water partition coefficient (Wildman–Crippen LogP) is 3.00. The number of fused-ring (bicyclic) bond motifs is 1. The molecule has 134 valence electrons. The van der Waals surface area contributed by atoms with Crippen molar-refractivity contribution in [2.45, 2.75) is 31.5 Å². The molecule has 1 saturated heterocycles. The fraction of sp³-hybridized carbons (Fsp3) is 0.286. The fourth-order valence-corrected chi connectivity index (χ4v) is 3.14. The van der Waals surface area contributed by atoms with Gasteiger partial charge in [-0.1, -0.05) is 60.7 Å². The number of hydrogen-bond donors (Lipinski definition) is 0. The zero-order valence-corrected chi connectivity index (χ0v) is 14.2. The van der Waals surface area contributed by atoms with Crippen molar-refractivity contribution in [3.63, 3.8) is 0 Å². The summed E-state index contributed by atoms with van der Waals surface area (Å²) in [4.78, 5) is 11.5. The molecule has 0 spiro atoms. The summed E-state index contributed by atoms with van der Waals surface area (Å²) in [5.74, 6) is 0.142. The zero-order chi connectivity index (χ0) is 17.8. The van der Waals surface area contributed by atoms with E-state index in [4.69, 9.17) is 18.9 Å². The molecule has 0 saturated carbocycles. The molecule has 0 amide bonds. The van der Waals surface area contributed by atoms with Gasteiger partial charge in [0.05, 0.1) is 25.9 Å². The number of ether oxygens (including phenoxy) is 4. The number of benzene rings is 2. The topological polar surface area (TPSA) is 54.0 Å². The molecule has 1 fully saturated rings. The zero-order valence-electron chi connectivity index (χ0n) is 14.2. The SMILES string of the molecule is O=C1C=C2O[C@@H](COCc3ccccc3)[C@@H](OCc3ccccc3)[C@@H]2O1. The fourth-order valence-electron chi connectivity index (χ4n) is 3.14. The van der Waals surface area contributed by atoms with E-state index in [1.54, 1.807) is 0 Å². The molecule has 0 N–H and O–H groups in total. The molecule has 5 heteroatoms. The molecule has 5 nitrogen and oxygen atoms in total. The second-order valence-corrected chi connectivity index (χ2v) is 6.32. The first kappa shape index (κ1) is 16.8. The molecule has 0 aromatic heterocycles. The van der Waals surface area contributed by atoms with E-state index in [1.807, 2.05) is 60.7 Å². The van der Waals surface area contributed by atoms with Crippen LogP contribution < -0.4 is 0 Å². The lowest BCUT2D eigenvalue weighted by molar-refractivity contribution is -0.146. The van der Waals surface area contributed by atoms with Crippen LogP contribution in [0.2, 0.25) is 0 Å². The van der Waals surface area contributed by atoms with Crippen LogP contribution in [0.25, 0.3) is 0 Å². The lowest BCUT2D eigenvalue weighted by Gasteiger charge is -2.21. The van der Waals surface area contributed by atoms with Gasteiger partial charge in [-0.3, -0.25) is 0 Å². The minimum Gasteiger partial charge on any atom is -0.485 e. The van der Waals surface area contributed by atoms with Gasteiger partial charge < -0.3 is 18.9 Å². The highest BCUT2D eigenvalue weighted by molar-refractivity contribution is 5.85. The van der Waals surface area contributed by atoms with Crippen molar-refractivity contribution in [3.8, 4) is 0 Å². The standard InChI is InChI=1S/C21H20O5/c22-19-11-17-21(26-19)20(24-13-16-9-5-2-6-10-16)18(25-17)14-23-12-15-7-3-1-4-8-15/h1-11,18,20-21H,12-14H2/t18-,20+,21+/m0/s1. The van der Waals surface area contributed by atoms with Gasteiger partial charge in [0, 0.05) is 0 Å². The second-order valence-electron chi connectivity index (χ2n) is 6.32. The highest BCUT2D eigenvalue weighted by Crippen LogP contribution is 2.34. The Bertz CT molecular complexity index is 772. The Balaban J connectivity index is 1.38. The van der Waals surface area contributed by atoms with Gasteiger partial charge in [0.2, 0.25) is 0 Å². The molecule has 2 aliphatic heterocycles. The van der Waals surface area contributed by atoms with E-state index in [0.29, 0.717) is 25.6 Å². The van der Waals surface area contributed by atoms with Crippen molar-refractivity contribution in [3.05, 3.63) is 83.6 Å². The molecule has 2 aromatic carbocycles. The third-order valence-electron chi connectivity index (χ3n) is 4.41. The summed E-state index contributed by atoms with van der Waals surface area (Å²) in [5.41, 5.74) is 2.15. The summed E-state index contributed by atoms with van der Waals surface area (Å²) in [7, 11) is 0. The van der Waals surface area contributed by atoms with Gasteiger partial charge in [-0.25, -0.2) is 4.79 Å². The molecular formula is C21H20O5. The smallest absolute Gasteiger partial charge is 0.335 e. The van der Waals surface area contributed by atoms with Crippen LogP contribution in [0.4, 0.5) is 0 Å². The third-order valence-corrected chi connectivity index (χ3v) is 4.41. The van der Waals surface area contributed by atoms with Crippen molar-refractivity contribution in [1.82, 2.24) is 0 Å². The van der Waals surface area contributed by atoms with Crippen LogP contribution in [0, 0.1) is 0 Å². The Hall–Kier alpha value is -2.63. The van der Waals surface area contributed by atoms with Crippen molar-refractivity contribution in [2.75, 3.05) is 6.61 Å². The Morgan fingerprint density at radius 3 is 2.19 bits per heavy atom. The first-order valence-corrected chi connectivity index (χ1v) is 8.65. The van der Waals surface area contributed by atoms with Gasteiger partial charge in [-0.15, -0.1) is 0 Å². The average molecular weight is 352 g/mol. The molecule has 2 aliphatic rings. The van der Waals surface area contributed by atoms with Crippen LogP contribution in [0.1, 0.15) is 11.1 Å². The quantitative estimate of drug-likeness (QED) is 0.717. The van der Waals surface area contributed by atoms with Crippen LogP contribution in [0.5, 0.6) is 0 Å². The highest BCUT2D eigenvalue weighted by atomic mass is 16.6. The van der Waals surface area contributed by atoms with E-state index in [-0.39, 0.29) is 18.2 Å². The number of esters is 1. The van der Waals surface area contributed by atoms with Crippen molar-refractivity contribution in [2.24, 2.45) is 0 Å². The Labute approximate surface area is 152 Å². The van der Waals surface area contributed by atoms with Crippen LogP contribution >= 0.6 is 0 Å². The van der Waals surface area contributed by atoms with Crippen LogP contribution in [-0.2, 0) is 37.0 Å². The maximum Gasteiger partial charge on any atom is 0.335 e. The summed E-state index contributed by atoms with van der Waals surface area (Å²) >= 11 is 0. The average Bonchev–Trinajstić information content (AvgIpc) is 3.17. The van der Waals surface area contributed by atoms with E-state index in [9.17, 15) is 4.79 Å². The summed E-state index contributed by atoms with van der Waals surface area (Å²) in [6.45, 7) is 1.28. The molecule has 0 radical (unpaired) electrons. The first-order valence-electron chi connectivity index (χ1n) is 8.65. The summed E-state index contributed by atoms with van der Waals surface area (Å²) in [6, 6.07) is 19.8. The Morgan fingerprint density at radius 2 is 1.50 bits per heavy atom. The number of rotatable bonds is 7. The van der Waals surface area contributed by atoms with Gasteiger partial charge in [0.15, 0.2) is 12.2 Å². The predicted molar refractivity (Wildman–Crippen MR) is 94.0 cm³/mol. The minimum atomic E-state index is -0.489. The second kappa shape index (κ2) is 7.72. The number of carbonyl (C=O) groups excluding carboxylic acids is 1. The van der Waals surface area contributed by atoms with Gasteiger partial charge in [-0.05, 0) is 11.1 Å². The largest absolute Gasteiger partial charge is 0.485 e. The van der Waals surface area contributed by atoms with E-state index < -0.39 is 6.10 Å². The molecule has 0 unspecified atom stereocenters. The van der Waals surface area contributed by atoms with Crippen LogP contribution in [0.3, 0.4) is 0 Å². The molecule has 0 bridgehead atoms. The minimum absolute atomic E-state index is 0.313. The van der Waals surface area contributed by atoms with Gasteiger partial charge >= 0.3 is 5.97 Å². The summed E-state index contributed by atoms with van der Waals surface area (Å²) in [5, 5.41) is 0. The van der Waals surface area contributed by atoms with E-state index in [0.717, 1.165) is 11.1 Å². The van der Waals surface area contributed by atoms with E-state index in [2.05, 4.69) is 0 Å². The van der Waals surface area contributed by atoms with Gasteiger partial charge in [0.25, 0.3) is 0 Å².